The van der Waals surface area contributed by atoms with Crippen molar-refractivity contribution in [3.05, 3.63) is 59.7 Å². The topological polar surface area (TPSA) is 97.1 Å². The van der Waals surface area contributed by atoms with E-state index in [0.717, 1.165) is 11.6 Å². The summed E-state index contributed by atoms with van der Waals surface area (Å²) in [5, 5.41) is 5.10. The number of halogens is 1. The summed E-state index contributed by atoms with van der Waals surface area (Å²) in [5.41, 5.74) is 5.87. The lowest BCUT2D eigenvalue weighted by Crippen LogP contribution is -2.28. The number of hydrogen-bond donors (Lipinski definition) is 3. The van der Waals surface area contributed by atoms with E-state index in [1.54, 1.807) is 18.5 Å². The quantitative estimate of drug-likeness (QED) is 0.797. The Morgan fingerprint density at radius 3 is 2.76 bits per heavy atom. The van der Waals surface area contributed by atoms with E-state index in [-0.39, 0.29) is 11.3 Å². The van der Waals surface area contributed by atoms with Crippen LogP contribution < -0.4 is 16.4 Å². The Labute approximate surface area is 120 Å². The molecule has 3 amide bonds. The zero-order valence-corrected chi connectivity index (χ0v) is 11.0. The molecule has 0 fully saturated rings. The van der Waals surface area contributed by atoms with Crippen molar-refractivity contribution in [1.29, 1.82) is 0 Å². The number of anilines is 1. The van der Waals surface area contributed by atoms with Crippen LogP contribution in [0.15, 0.2) is 42.7 Å². The summed E-state index contributed by atoms with van der Waals surface area (Å²) in [7, 11) is 0. The van der Waals surface area contributed by atoms with Crippen molar-refractivity contribution in [3.63, 3.8) is 0 Å². The summed E-state index contributed by atoms with van der Waals surface area (Å²) in [4.78, 5) is 26.6. The number of nitrogens with two attached hydrogens (primary N) is 1. The summed E-state index contributed by atoms with van der Waals surface area (Å²) < 4.78 is 13.3. The fourth-order valence-corrected chi connectivity index (χ4v) is 1.65. The molecule has 2 aromatic rings. The molecule has 2 rings (SSSR count). The van der Waals surface area contributed by atoms with E-state index >= 15 is 0 Å². The highest BCUT2D eigenvalue weighted by atomic mass is 19.1. The van der Waals surface area contributed by atoms with Gasteiger partial charge in [0.15, 0.2) is 0 Å². The summed E-state index contributed by atoms with van der Waals surface area (Å²) in [6.45, 7) is 0.295. The molecule has 0 atom stereocenters. The van der Waals surface area contributed by atoms with Crippen LogP contribution in [0.4, 0.5) is 14.9 Å². The molecule has 1 aromatic carbocycles. The second-order valence-electron chi connectivity index (χ2n) is 4.23. The van der Waals surface area contributed by atoms with Gasteiger partial charge >= 0.3 is 6.03 Å². The summed E-state index contributed by atoms with van der Waals surface area (Å²) >= 11 is 0. The number of primary amides is 1. The maximum atomic E-state index is 13.3. The zero-order chi connectivity index (χ0) is 15.2. The number of pyridine rings is 1. The van der Waals surface area contributed by atoms with Crippen LogP contribution >= 0.6 is 0 Å². The molecular formula is C14H13FN4O2. The Balaban J connectivity index is 1.97. The van der Waals surface area contributed by atoms with Gasteiger partial charge in [-0.25, -0.2) is 9.18 Å². The standard InChI is InChI=1S/C14H13FN4O2/c15-12-4-3-10(6-11(12)13(16)20)19-14(21)18-8-9-2-1-5-17-7-9/h1-7H,8H2,(H2,16,20)(H2,18,19,21). The zero-order valence-electron chi connectivity index (χ0n) is 11.0. The van der Waals surface area contributed by atoms with Crippen molar-refractivity contribution in [2.24, 2.45) is 5.73 Å². The first-order valence-corrected chi connectivity index (χ1v) is 6.09. The van der Waals surface area contributed by atoms with E-state index in [1.807, 2.05) is 6.07 Å². The number of nitrogens with zero attached hydrogens (tertiary/aromatic N) is 1. The minimum absolute atomic E-state index is 0.272. The molecule has 0 aliphatic carbocycles. The fourth-order valence-electron chi connectivity index (χ4n) is 1.65. The molecule has 7 heteroatoms. The van der Waals surface area contributed by atoms with Gasteiger partial charge in [-0.05, 0) is 29.8 Å². The van der Waals surface area contributed by atoms with Crippen molar-refractivity contribution in [2.45, 2.75) is 6.54 Å². The normalized spacial score (nSPS) is 9.95. The van der Waals surface area contributed by atoms with Gasteiger partial charge in [0.05, 0.1) is 5.56 Å². The minimum atomic E-state index is -0.896. The highest BCUT2D eigenvalue weighted by molar-refractivity contribution is 5.96. The minimum Gasteiger partial charge on any atom is -0.366 e. The van der Waals surface area contributed by atoms with Crippen LogP contribution in [0.3, 0.4) is 0 Å². The van der Waals surface area contributed by atoms with Gasteiger partial charge < -0.3 is 16.4 Å². The van der Waals surface area contributed by atoms with Gasteiger partial charge in [0, 0.05) is 24.6 Å². The van der Waals surface area contributed by atoms with Crippen LogP contribution in [0.25, 0.3) is 0 Å². The van der Waals surface area contributed by atoms with E-state index in [2.05, 4.69) is 15.6 Å². The van der Waals surface area contributed by atoms with E-state index in [9.17, 15) is 14.0 Å². The van der Waals surface area contributed by atoms with Gasteiger partial charge in [-0.15, -0.1) is 0 Å². The first-order chi connectivity index (χ1) is 10.1. The predicted octanol–water partition coefficient (Wildman–Crippen LogP) is 1.64. The largest absolute Gasteiger partial charge is 0.366 e. The molecular weight excluding hydrogens is 275 g/mol. The van der Waals surface area contributed by atoms with Gasteiger partial charge in [0.2, 0.25) is 0 Å². The molecule has 0 saturated carbocycles. The van der Waals surface area contributed by atoms with Crippen molar-refractivity contribution in [2.75, 3.05) is 5.32 Å². The molecule has 0 saturated heterocycles. The molecule has 0 unspecified atom stereocenters. The number of urea groups is 1. The van der Waals surface area contributed by atoms with Crippen LogP contribution in [-0.2, 0) is 6.54 Å². The lowest BCUT2D eigenvalue weighted by Gasteiger charge is -2.08. The molecule has 1 heterocycles. The number of hydrogen-bond acceptors (Lipinski definition) is 3. The molecule has 0 radical (unpaired) electrons. The Morgan fingerprint density at radius 1 is 1.29 bits per heavy atom. The van der Waals surface area contributed by atoms with Gasteiger partial charge in [0.1, 0.15) is 5.82 Å². The summed E-state index contributed by atoms with van der Waals surface area (Å²) in [6.07, 6.45) is 3.26. The van der Waals surface area contributed by atoms with Crippen molar-refractivity contribution < 1.29 is 14.0 Å². The Hall–Kier alpha value is -2.96. The Kier molecular flexibility index (Phi) is 4.45. The molecule has 108 valence electrons. The third kappa shape index (κ3) is 4.00. The molecule has 1 aromatic heterocycles. The third-order valence-corrected chi connectivity index (χ3v) is 2.67. The molecule has 0 spiro atoms. The van der Waals surface area contributed by atoms with Crippen LogP contribution in [0.2, 0.25) is 0 Å². The van der Waals surface area contributed by atoms with Gasteiger partial charge in [-0.2, -0.15) is 0 Å². The van der Waals surface area contributed by atoms with Crippen molar-refractivity contribution in [1.82, 2.24) is 10.3 Å². The average Bonchev–Trinajstić information content (AvgIpc) is 2.48. The van der Waals surface area contributed by atoms with Gasteiger partial charge in [0.25, 0.3) is 5.91 Å². The highest BCUT2D eigenvalue weighted by Crippen LogP contribution is 2.14. The number of rotatable bonds is 4. The highest BCUT2D eigenvalue weighted by Gasteiger charge is 2.10. The molecule has 4 N–H and O–H groups in total. The number of carbonyl (C=O) groups is 2. The number of benzene rings is 1. The predicted molar refractivity (Wildman–Crippen MR) is 75.0 cm³/mol. The van der Waals surface area contributed by atoms with Crippen molar-refractivity contribution >= 4 is 17.6 Å². The smallest absolute Gasteiger partial charge is 0.319 e. The maximum absolute atomic E-state index is 13.3. The van der Waals surface area contributed by atoms with Crippen LogP contribution in [0.1, 0.15) is 15.9 Å². The first kappa shape index (κ1) is 14.4. The molecule has 0 aliphatic heterocycles. The van der Waals surface area contributed by atoms with E-state index in [0.29, 0.717) is 6.54 Å². The number of nitrogens with one attached hydrogen (secondary N) is 2. The van der Waals surface area contributed by atoms with E-state index < -0.39 is 17.8 Å². The van der Waals surface area contributed by atoms with Crippen LogP contribution in [-0.4, -0.2) is 16.9 Å². The van der Waals surface area contributed by atoms with Crippen molar-refractivity contribution in [3.8, 4) is 0 Å². The van der Waals surface area contributed by atoms with Crippen LogP contribution in [0.5, 0.6) is 0 Å². The fraction of sp³-hybridized carbons (Fsp3) is 0.0714. The second-order valence-corrected chi connectivity index (χ2v) is 4.23. The Bertz CT molecular complexity index is 661. The molecule has 0 aliphatic rings. The van der Waals surface area contributed by atoms with Gasteiger partial charge in [-0.3, -0.25) is 9.78 Å². The molecule has 0 bridgehead atoms. The number of aromatic nitrogens is 1. The SMILES string of the molecule is NC(=O)c1cc(NC(=O)NCc2cccnc2)ccc1F. The summed E-state index contributed by atoms with van der Waals surface area (Å²) in [5.74, 6) is -1.63. The second kappa shape index (κ2) is 6.47. The Morgan fingerprint density at radius 2 is 2.10 bits per heavy atom. The van der Waals surface area contributed by atoms with Gasteiger partial charge in [-0.1, -0.05) is 6.07 Å². The maximum Gasteiger partial charge on any atom is 0.319 e. The van der Waals surface area contributed by atoms with Crippen LogP contribution in [0, 0.1) is 5.82 Å². The summed E-state index contributed by atoms with van der Waals surface area (Å²) in [6, 6.07) is 6.68. The number of amides is 3. The first-order valence-electron chi connectivity index (χ1n) is 6.09. The average molecular weight is 288 g/mol. The lowest BCUT2D eigenvalue weighted by atomic mass is 10.2. The van der Waals surface area contributed by atoms with E-state index in [1.165, 1.54) is 12.1 Å². The third-order valence-electron chi connectivity index (χ3n) is 2.67. The molecule has 6 nitrogen and oxygen atoms in total. The monoisotopic (exact) mass is 288 g/mol. The lowest BCUT2D eigenvalue weighted by molar-refractivity contribution is 0.0996. The molecule has 21 heavy (non-hydrogen) atoms. The van der Waals surface area contributed by atoms with E-state index in [4.69, 9.17) is 5.73 Å². The number of carbonyl (C=O) groups excluding carboxylic acids is 2.